The zero-order valence-electron chi connectivity index (χ0n) is 10.7. The Bertz CT molecular complexity index is 366. The molecule has 0 unspecified atom stereocenters. The first-order valence-electron chi connectivity index (χ1n) is 5.76. The summed E-state index contributed by atoms with van der Waals surface area (Å²) in [6.07, 6.45) is 0. The molecule has 1 aromatic carbocycles. The van der Waals surface area contributed by atoms with Gasteiger partial charge >= 0.3 is 0 Å². The van der Waals surface area contributed by atoms with Crippen molar-refractivity contribution in [2.45, 2.75) is 39.8 Å². The molecule has 0 radical (unpaired) electrons. The predicted octanol–water partition coefficient (Wildman–Crippen LogP) is 3.10. The van der Waals surface area contributed by atoms with Crippen LogP contribution in [0.4, 0.5) is 0 Å². The molecule has 0 bridgehead atoms. The van der Waals surface area contributed by atoms with Gasteiger partial charge in [0.15, 0.2) is 0 Å². The molecule has 0 spiro atoms. The van der Waals surface area contributed by atoms with Gasteiger partial charge in [-0.25, -0.2) is 5.01 Å². The summed E-state index contributed by atoms with van der Waals surface area (Å²) in [5.41, 5.74) is 3.51. The van der Waals surface area contributed by atoms with Gasteiger partial charge in [0.25, 0.3) is 5.91 Å². The standard InChI is InChI=1S/C13H19ClN2O/c1-9(2)16(10(3)4)15-13(17)11-5-7-12(14)8-6-11/h5-10H,1-4H3,(H,15,17). The summed E-state index contributed by atoms with van der Waals surface area (Å²) in [6.45, 7) is 8.18. The van der Waals surface area contributed by atoms with Crippen molar-refractivity contribution in [1.82, 2.24) is 10.4 Å². The van der Waals surface area contributed by atoms with Gasteiger partial charge in [0.1, 0.15) is 0 Å². The molecule has 0 atom stereocenters. The number of nitrogens with zero attached hydrogens (tertiary/aromatic N) is 1. The molecule has 0 heterocycles. The third-order valence-electron chi connectivity index (χ3n) is 2.45. The highest BCUT2D eigenvalue weighted by Gasteiger charge is 2.16. The second kappa shape index (κ2) is 6.03. The summed E-state index contributed by atoms with van der Waals surface area (Å²) in [7, 11) is 0. The highest BCUT2D eigenvalue weighted by molar-refractivity contribution is 6.30. The second-order valence-electron chi connectivity index (χ2n) is 4.54. The van der Waals surface area contributed by atoms with Gasteiger partial charge in [-0.3, -0.25) is 10.2 Å². The average molecular weight is 255 g/mol. The van der Waals surface area contributed by atoms with Crippen molar-refractivity contribution in [2.24, 2.45) is 0 Å². The van der Waals surface area contributed by atoms with E-state index in [0.29, 0.717) is 10.6 Å². The normalized spacial score (nSPS) is 11.3. The Morgan fingerprint density at radius 2 is 1.59 bits per heavy atom. The fraction of sp³-hybridized carbons (Fsp3) is 0.462. The van der Waals surface area contributed by atoms with E-state index >= 15 is 0 Å². The molecule has 0 aliphatic carbocycles. The summed E-state index contributed by atoms with van der Waals surface area (Å²) in [4.78, 5) is 12.0. The minimum atomic E-state index is -0.107. The van der Waals surface area contributed by atoms with E-state index in [2.05, 4.69) is 5.43 Å². The van der Waals surface area contributed by atoms with Gasteiger partial charge < -0.3 is 0 Å². The van der Waals surface area contributed by atoms with Crippen LogP contribution in [0.1, 0.15) is 38.1 Å². The highest BCUT2D eigenvalue weighted by Crippen LogP contribution is 2.10. The van der Waals surface area contributed by atoms with E-state index in [-0.39, 0.29) is 18.0 Å². The first kappa shape index (κ1) is 14.0. The van der Waals surface area contributed by atoms with Crippen LogP contribution in [0.3, 0.4) is 0 Å². The molecular formula is C13H19ClN2O. The smallest absolute Gasteiger partial charge is 0.265 e. The maximum Gasteiger partial charge on any atom is 0.265 e. The second-order valence-corrected chi connectivity index (χ2v) is 4.98. The van der Waals surface area contributed by atoms with E-state index in [1.54, 1.807) is 24.3 Å². The number of rotatable bonds is 4. The van der Waals surface area contributed by atoms with Crippen molar-refractivity contribution in [3.8, 4) is 0 Å². The van der Waals surface area contributed by atoms with Crippen LogP contribution in [-0.4, -0.2) is 23.0 Å². The number of hydrogen-bond donors (Lipinski definition) is 1. The maximum atomic E-state index is 12.0. The Morgan fingerprint density at radius 3 is 2.00 bits per heavy atom. The Balaban J connectivity index is 2.74. The highest BCUT2D eigenvalue weighted by atomic mass is 35.5. The molecule has 1 aromatic rings. The Labute approximate surface area is 108 Å². The molecule has 0 aromatic heterocycles. The van der Waals surface area contributed by atoms with Crippen molar-refractivity contribution in [3.05, 3.63) is 34.9 Å². The molecule has 1 N–H and O–H groups in total. The van der Waals surface area contributed by atoms with Gasteiger partial charge in [0, 0.05) is 22.7 Å². The third-order valence-corrected chi connectivity index (χ3v) is 2.70. The summed E-state index contributed by atoms with van der Waals surface area (Å²) in [5.74, 6) is -0.107. The molecule has 0 fully saturated rings. The van der Waals surface area contributed by atoms with E-state index in [1.165, 1.54) is 0 Å². The first-order valence-corrected chi connectivity index (χ1v) is 6.14. The molecule has 0 aliphatic rings. The third kappa shape index (κ3) is 4.02. The van der Waals surface area contributed by atoms with Crippen LogP contribution in [0.15, 0.2) is 24.3 Å². The van der Waals surface area contributed by atoms with E-state index in [4.69, 9.17) is 11.6 Å². The van der Waals surface area contributed by atoms with Gasteiger partial charge in [-0.15, -0.1) is 0 Å². The van der Waals surface area contributed by atoms with Crippen LogP contribution >= 0.6 is 11.6 Å². The first-order chi connectivity index (χ1) is 7.91. The van der Waals surface area contributed by atoms with Crippen molar-refractivity contribution >= 4 is 17.5 Å². The lowest BCUT2D eigenvalue weighted by atomic mass is 10.2. The summed E-state index contributed by atoms with van der Waals surface area (Å²) >= 11 is 5.78. The monoisotopic (exact) mass is 254 g/mol. The SMILES string of the molecule is CC(C)N(NC(=O)c1ccc(Cl)cc1)C(C)C. The van der Waals surface area contributed by atoms with Crippen molar-refractivity contribution in [3.63, 3.8) is 0 Å². The van der Waals surface area contributed by atoms with Crippen LogP contribution in [0.5, 0.6) is 0 Å². The lowest BCUT2D eigenvalue weighted by molar-refractivity contribution is 0.0622. The molecule has 1 rings (SSSR count). The van der Waals surface area contributed by atoms with Crippen LogP contribution < -0.4 is 5.43 Å². The van der Waals surface area contributed by atoms with E-state index in [1.807, 2.05) is 32.7 Å². The maximum absolute atomic E-state index is 12.0. The van der Waals surface area contributed by atoms with E-state index in [9.17, 15) is 4.79 Å². The molecular weight excluding hydrogens is 236 g/mol. The van der Waals surface area contributed by atoms with Crippen LogP contribution in [-0.2, 0) is 0 Å². The number of nitrogens with one attached hydrogen (secondary N) is 1. The number of amides is 1. The van der Waals surface area contributed by atoms with E-state index < -0.39 is 0 Å². The number of carbonyl (C=O) groups is 1. The van der Waals surface area contributed by atoms with Crippen molar-refractivity contribution in [1.29, 1.82) is 0 Å². The lowest BCUT2D eigenvalue weighted by Crippen LogP contribution is -2.50. The van der Waals surface area contributed by atoms with Crippen LogP contribution in [0, 0.1) is 0 Å². The number of benzene rings is 1. The largest absolute Gasteiger partial charge is 0.284 e. The molecule has 0 aliphatic heterocycles. The van der Waals surface area contributed by atoms with Gasteiger partial charge in [0.05, 0.1) is 0 Å². The molecule has 1 amide bonds. The molecule has 94 valence electrons. The summed E-state index contributed by atoms with van der Waals surface area (Å²) in [5, 5.41) is 2.56. The summed E-state index contributed by atoms with van der Waals surface area (Å²) in [6, 6.07) is 7.38. The van der Waals surface area contributed by atoms with Gasteiger partial charge in [-0.05, 0) is 52.0 Å². The van der Waals surface area contributed by atoms with Crippen molar-refractivity contribution in [2.75, 3.05) is 0 Å². The number of halogens is 1. The minimum absolute atomic E-state index is 0.107. The van der Waals surface area contributed by atoms with E-state index in [0.717, 1.165) is 0 Å². The predicted molar refractivity (Wildman–Crippen MR) is 71.0 cm³/mol. The lowest BCUT2D eigenvalue weighted by Gasteiger charge is -2.30. The number of hydrazine groups is 1. The Hall–Kier alpha value is -1.06. The zero-order chi connectivity index (χ0) is 13.0. The Kier molecular flexibility index (Phi) is 4.97. The number of carbonyl (C=O) groups excluding carboxylic acids is 1. The molecule has 17 heavy (non-hydrogen) atoms. The summed E-state index contributed by atoms with van der Waals surface area (Å²) < 4.78 is 0. The molecule has 3 nitrogen and oxygen atoms in total. The average Bonchev–Trinajstić information content (AvgIpc) is 2.25. The quantitative estimate of drug-likeness (QED) is 0.838. The number of hydrogen-bond acceptors (Lipinski definition) is 2. The van der Waals surface area contributed by atoms with Crippen LogP contribution in [0.2, 0.25) is 5.02 Å². The fourth-order valence-corrected chi connectivity index (χ4v) is 1.76. The minimum Gasteiger partial charge on any atom is -0.284 e. The zero-order valence-corrected chi connectivity index (χ0v) is 11.5. The van der Waals surface area contributed by atoms with Gasteiger partial charge in [-0.1, -0.05) is 11.6 Å². The van der Waals surface area contributed by atoms with Crippen molar-refractivity contribution < 1.29 is 4.79 Å². The van der Waals surface area contributed by atoms with Crippen LogP contribution in [0.25, 0.3) is 0 Å². The molecule has 0 saturated carbocycles. The van der Waals surface area contributed by atoms with Gasteiger partial charge in [0.2, 0.25) is 0 Å². The fourth-order valence-electron chi connectivity index (χ4n) is 1.64. The topological polar surface area (TPSA) is 32.3 Å². The molecule has 4 heteroatoms. The Morgan fingerprint density at radius 1 is 1.12 bits per heavy atom. The molecule has 0 saturated heterocycles. The van der Waals surface area contributed by atoms with Gasteiger partial charge in [-0.2, -0.15) is 0 Å².